The maximum Gasteiger partial charge on any atom is 0.249 e. The van der Waals surface area contributed by atoms with Crippen molar-refractivity contribution in [2.24, 2.45) is 0 Å². The van der Waals surface area contributed by atoms with E-state index in [9.17, 15) is 22.1 Å². The van der Waals surface area contributed by atoms with Gasteiger partial charge >= 0.3 is 0 Å². The van der Waals surface area contributed by atoms with E-state index in [-0.39, 0.29) is 0 Å². The van der Waals surface area contributed by atoms with Crippen LogP contribution in [0.1, 0.15) is 0 Å². The highest BCUT2D eigenvalue weighted by Gasteiger charge is 2.25. The number of halogens is 5. The monoisotopic (exact) mass is 216 g/mol. The van der Waals surface area contributed by atoms with Crippen molar-refractivity contribution in [3.05, 3.63) is 23.3 Å². The van der Waals surface area contributed by atoms with Crippen molar-refractivity contribution >= 4 is 12.6 Å². The van der Waals surface area contributed by atoms with E-state index < -0.39 is 33.9 Å². The Labute approximate surface area is 74.4 Å². The fourth-order valence-corrected chi connectivity index (χ4v) is 0.864. The molecule has 0 N–H and O–H groups in total. The molecule has 0 saturated carbocycles. The van der Waals surface area contributed by atoms with Crippen LogP contribution in [0, 0.1) is 23.3 Å². The SMILES string of the molecule is FOc1c(F)c(F)c(S)c(F)c1F. The van der Waals surface area contributed by atoms with Crippen LogP contribution in [-0.4, -0.2) is 0 Å². The Morgan fingerprint density at radius 2 is 1.23 bits per heavy atom. The van der Waals surface area contributed by atoms with Gasteiger partial charge in [0, 0.05) is 4.53 Å². The van der Waals surface area contributed by atoms with Crippen LogP contribution < -0.4 is 4.94 Å². The van der Waals surface area contributed by atoms with Crippen LogP contribution in [-0.2, 0) is 0 Å². The maximum atomic E-state index is 12.5. The molecule has 0 radical (unpaired) electrons. The van der Waals surface area contributed by atoms with Gasteiger partial charge in [-0.05, 0) is 0 Å². The molecule has 13 heavy (non-hydrogen) atoms. The second-order valence-electron chi connectivity index (χ2n) is 2.01. The fourth-order valence-electron chi connectivity index (χ4n) is 0.668. The van der Waals surface area contributed by atoms with E-state index in [1.165, 1.54) is 0 Å². The highest BCUT2D eigenvalue weighted by molar-refractivity contribution is 7.80. The van der Waals surface area contributed by atoms with E-state index in [4.69, 9.17) is 0 Å². The lowest BCUT2D eigenvalue weighted by molar-refractivity contribution is -0.0172. The summed E-state index contributed by atoms with van der Waals surface area (Å²) in [5, 5.41) is 0. The average molecular weight is 216 g/mol. The number of thiol groups is 1. The molecule has 0 saturated heterocycles. The van der Waals surface area contributed by atoms with Crippen LogP contribution in [0.15, 0.2) is 4.90 Å². The van der Waals surface area contributed by atoms with Crippen LogP contribution in [0.2, 0.25) is 0 Å². The molecule has 0 aliphatic carbocycles. The topological polar surface area (TPSA) is 9.23 Å². The van der Waals surface area contributed by atoms with Crippen LogP contribution >= 0.6 is 12.6 Å². The Morgan fingerprint density at radius 3 is 1.54 bits per heavy atom. The summed E-state index contributed by atoms with van der Waals surface area (Å²) in [5.74, 6) is -9.31. The molecule has 0 spiro atoms. The molecular formula is C6HF5OS. The predicted octanol–water partition coefficient (Wildman–Crippen LogP) is 2.79. The first-order chi connectivity index (χ1) is 6.00. The Balaban J connectivity index is 3.56. The quantitative estimate of drug-likeness (QED) is 0.431. The van der Waals surface area contributed by atoms with Gasteiger partial charge in [-0.3, -0.25) is 4.94 Å². The molecule has 0 unspecified atom stereocenters. The molecule has 0 atom stereocenters. The van der Waals surface area contributed by atoms with Gasteiger partial charge in [-0.1, -0.05) is 0 Å². The molecule has 1 nitrogen and oxygen atoms in total. The molecule has 0 aliphatic rings. The Morgan fingerprint density at radius 1 is 0.846 bits per heavy atom. The third kappa shape index (κ3) is 1.43. The molecular weight excluding hydrogens is 215 g/mol. The Hall–Kier alpha value is -0.980. The summed E-state index contributed by atoms with van der Waals surface area (Å²) in [6.45, 7) is 0. The van der Waals surface area contributed by atoms with E-state index in [1.54, 1.807) is 0 Å². The van der Waals surface area contributed by atoms with Crippen LogP contribution in [0.3, 0.4) is 0 Å². The normalized spacial score (nSPS) is 10.3. The van der Waals surface area contributed by atoms with Gasteiger partial charge in [-0.2, -0.15) is 8.78 Å². The highest BCUT2D eigenvalue weighted by Crippen LogP contribution is 2.31. The van der Waals surface area contributed by atoms with Crippen molar-refractivity contribution in [2.45, 2.75) is 4.90 Å². The second-order valence-corrected chi connectivity index (χ2v) is 2.46. The second kappa shape index (κ2) is 3.41. The summed E-state index contributed by atoms with van der Waals surface area (Å²) in [5.41, 5.74) is 0. The van der Waals surface area contributed by atoms with Gasteiger partial charge in [0.25, 0.3) is 0 Å². The van der Waals surface area contributed by atoms with Crippen molar-refractivity contribution in [2.75, 3.05) is 0 Å². The molecule has 0 aliphatic heterocycles. The first-order valence-electron chi connectivity index (χ1n) is 2.84. The lowest BCUT2D eigenvalue weighted by Crippen LogP contribution is -1.99. The first-order valence-corrected chi connectivity index (χ1v) is 3.29. The largest absolute Gasteiger partial charge is 0.288 e. The average Bonchev–Trinajstić information content (AvgIpc) is 2.13. The lowest BCUT2D eigenvalue weighted by atomic mass is 10.3. The summed E-state index contributed by atoms with van der Waals surface area (Å²) < 4.78 is 61.4. The van der Waals surface area contributed by atoms with E-state index in [1.807, 2.05) is 0 Å². The molecule has 72 valence electrons. The summed E-state index contributed by atoms with van der Waals surface area (Å²) in [4.78, 5) is 1.46. The fraction of sp³-hybridized carbons (Fsp3) is 0. The minimum absolute atomic E-state index is 1.17. The highest BCUT2D eigenvalue weighted by atomic mass is 32.1. The third-order valence-electron chi connectivity index (χ3n) is 1.28. The van der Waals surface area contributed by atoms with Crippen molar-refractivity contribution in [1.29, 1.82) is 0 Å². The summed E-state index contributed by atoms with van der Waals surface area (Å²) in [7, 11) is 0. The zero-order valence-electron chi connectivity index (χ0n) is 5.75. The predicted molar refractivity (Wildman–Crippen MR) is 35.3 cm³/mol. The molecule has 0 aromatic heterocycles. The smallest absolute Gasteiger partial charge is 0.249 e. The zero-order chi connectivity index (χ0) is 10.2. The summed E-state index contributed by atoms with van der Waals surface area (Å²) in [6, 6.07) is 0. The van der Waals surface area contributed by atoms with E-state index in [0.29, 0.717) is 0 Å². The van der Waals surface area contributed by atoms with Crippen LogP contribution in [0.5, 0.6) is 5.75 Å². The third-order valence-corrected chi connectivity index (χ3v) is 1.67. The number of rotatable bonds is 1. The van der Waals surface area contributed by atoms with Gasteiger partial charge in [0.05, 0.1) is 4.90 Å². The van der Waals surface area contributed by atoms with Crippen LogP contribution in [0.4, 0.5) is 22.1 Å². The number of hydrogen-bond donors (Lipinski definition) is 1. The minimum atomic E-state index is -1.97. The number of benzene rings is 1. The Kier molecular flexibility index (Phi) is 2.65. The van der Waals surface area contributed by atoms with Gasteiger partial charge in [-0.25, -0.2) is 8.78 Å². The van der Waals surface area contributed by atoms with Gasteiger partial charge in [-0.15, -0.1) is 12.6 Å². The van der Waals surface area contributed by atoms with Gasteiger partial charge in [0.2, 0.25) is 17.4 Å². The molecule has 1 rings (SSSR count). The van der Waals surface area contributed by atoms with Gasteiger partial charge in [0.15, 0.2) is 11.6 Å². The van der Waals surface area contributed by atoms with Crippen molar-refractivity contribution < 1.29 is 27.0 Å². The van der Waals surface area contributed by atoms with Gasteiger partial charge in [0.1, 0.15) is 0 Å². The molecule has 0 heterocycles. The van der Waals surface area contributed by atoms with Crippen molar-refractivity contribution in [3.8, 4) is 5.75 Å². The summed E-state index contributed by atoms with van der Waals surface area (Å²) in [6.07, 6.45) is 0. The molecule has 0 fully saturated rings. The maximum absolute atomic E-state index is 12.5. The van der Waals surface area contributed by atoms with E-state index >= 15 is 0 Å². The summed E-state index contributed by atoms with van der Waals surface area (Å²) >= 11 is 3.13. The standard InChI is InChI=1S/C6HF5OS/c7-1-3(9)6(13)4(10)2(8)5(1)12-11/h13H. The molecule has 0 amide bonds. The van der Waals surface area contributed by atoms with E-state index in [2.05, 4.69) is 17.6 Å². The molecule has 7 heteroatoms. The molecule has 0 bridgehead atoms. The van der Waals surface area contributed by atoms with Gasteiger partial charge < -0.3 is 0 Å². The van der Waals surface area contributed by atoms with E-state index in [0.717, 1.165) is 0 Å². The molecule has 1 aromatic rings. The molecule has 1 aromatic carbocycles. The number of hydrogen-bond acceptors (Lipinski definition) is 2. The zero-order valence-corrected chi connectivity index (χ0v) is 6.64. The Bertz CT molecular complexity index is 324. The van der Waals surface area contributed by atoms with Crippen molar-refractivity contribution in [1.82, 2.24) is 0 Å². The first kappa shape index (κ1) is 10.1. The minimum Gasteiger partial charge on any atom is -0.288 e. The van der Waals surface area contributed by atoms with Crippen LogP contribution in [0.25, 0.3) is 0 Å². The van der Waals surface area contributed by atoms with Crippen molar-refractivity contribution in [3.63, 3.8) is 0 Å². The lowest BCUT2D eigenvalue weighted by Gasteiger charge is -2.03.